The van der Waals surface area contributed by atoms with Gasteiger partial charge in [-0.05, 0) is 49.8 Å². The van der Waals surface area contributed by atoms with Crippen molar-refractivity contribution >= 4 is 5.91 Å². The SMILES string of the molecule is O=C(N1CC[C@H](n2cc(C3CC3)nn2)C1)C1(c2ccc(F)cc2)CC1. The molecule has 5 rings (SSSR count). The standard InChI is InChI=1S/C19H21FN4O/c20-15-5-3-14(4-6-15)19(8-9-19)18(25)23-10-7-16(11-23)24-12-17(21-22-24)13-1-2-13/h3-6,12-13,16H,1-2,7-11H2/t16-/m0/s1. The average Bonchev–Trinajstić information content (AvgIpc) is 3.53. The average molecular weight is 340 g/mol. The number of benzene rings is 1. The maximum Gasteiger partial charge on any atom is 0.233 e. The lowest BCUT2D eigenvalue weighted by atomic mass is 9.94. The van der Waals surface area contributed by atoms with Gasteiger partial charge in [-0.1, -0.05) is 17.3 Å². The predicted molar refractivity (Wildman–Crippen MR) is 89.5 cm³/mol. The Bertz CT molecular complexity index is 807. The summed E-state index contributed by atoms with van der Waals surface area (Å²) in [6.07, 6.45) is 7.12. The van der Waals surface area contributed by atoms with Gasteiger partial charge in [-0.25, -0.2) is 9.07 Å². The number of nitrogens with zero attached hydrogens (tertiary/aromatic N) is 4. The fourth-order valence-electron chi connectivity index (χ4n) is 4.00. The molecule has 1 aromatic carbocycles. The summed E-state index contributed by atoms with van der Waals surface area (Å²) in [5, 5.41) is 8.57. The summed E-state index contributed by atoms with van der Waals surface area (Å²) < 4.78 is 15.1. The van der Waals surface area contributed by atoms with Crippen molar-refractivity contribution < 1.29 is 9.18 Å². The van der Waals surface area contributed by atoms with E-state index in [2.05, 4.69) is 16.5 Å². The van der Waals surface area contributed by atoms with Gasteiger partial charge < -0.3 is 4.90 Å². The van der Waals surface area contributed by atoms with E-state index in [1.165, 1.54) is 25.0 Å². The highest BCUT2D eigenvalue weighted by Crippen LogP contribution is 2.50. The van der Waals surface area contributed by atoms with E-state index >= 15 is 0 Å². The fraction of sp³-hybridized carbons (Fsp3) is 0.526. The highest BCUT2D eigenvalue weighted by molar-refractivity contribution is 5.91. The van der Waals surface area contributed by atoms with Crippen molar-refractivity contribution in [2.24, 2.45) is 0 Å². The van der Waals surface area contributed by atoms with Crippen molar-refractivity contribution in [1.82, 2.24) is 19.9 Å². The molecule has 2 aromatic rings. The Kier molecular flexibility index (Phi) is 3.24. The second-order valence-electron chi connectivity index (χ2n) is 7.68. The Labute approximate surface area is 145 Å². The maximum atomic E-state index is 13.2. The topological polar surface area (TPSA) is 51.0 Å². The lowest BCUT2D eigenvalue weighted by Gasteiger charge is -2.23. The van der Waals surface area contributed by atoms with Crippen LogP contribution in [0.15, 0.2) is 30.5 Å². The molecule has 3 aliphatic rings. The van der Waals surface area contributed by atoms with Gasteiger partial charge in [-0.3, -0.25) is 4.79 Å². The second-order valence-corrected chi connectivity index (χ2v) is 7.68. The smallest absolute Gasteiger partial charge is 0.233 e. The van der Waals surface area contributed by atoms with Crippen molar-refractivity contribution in [2.75, 3.05) is 13.1 Å². The number of amides is 1. The number of aromatic nitrogens is 3. The molecule has 1 amide bonds. The molecule has 0 N–H and O–H groups in total. The van der Waals surface area contributed by atoms with Gasteiger partial charge in [0.2, 0.25) is 5.91 Å². The van der Waals surface area contributed by atoms with Gasteiger partial charge in [0, 0.05) is 25.2 Å². The summed E-state index contributed by atoms with van der Waals surface area (Å²) in [6.45, 7) is 1.44. The monoisotopic (exact) mass is 340 g/mol. The van der Waals surface area contributed by atoms with Gasteiger partial charge in [-0.2, -0.15) is 0 Å². The number of likely N-dealkylation sites (tertiary alicyclic amines) is 1. The lowest BCUT2D eigenvalue weighted by Crippen LogP contribution is -2.38. The van der Waals surface area contributed by atoms with Crippen LogP contribution in [0.25, 0.3) is 0 Å². The zero-order valence-corrected chi connectivity index (χ0v) is 14.1. The van der Waals surface area contributed by atoms with Gasteiger partial charge in [0.05, 0.1) is 17.2 Å². The van der Waals surface area contributed by atoms with Crippen LogP contribution in [0.3, 0.4) is 0 Å². The molecule has 2 heterocycles. The van der Waals surface area contributed by atoms with Crippen LogP contribution in [0.2, 0.25) is 0 Å². The van der Waals surface area contributed by atoms with Crippen molar-refractivity contribution in [3.05, 3.63) is 47.5 Å². The first-order chi connectivity index (χ1) is 12.2. The highest BCUT2D eigenvalue weighted by atomic mass is 19.1. The molecule has 2 aliphatic carbocycles. The molecule has 3 fully saturated rings. The van der Waals surface area contributed by atoms with Crippen LogP contribution in [-0.4, -0.2) is 38.9 Å². The van der Waals surface area contributed by atoms with Gasteiger partial charge in [-0.15, -0.1) is 5.10 Å². The molecule has 1 saturated heterocycles. The molecule has 1 aromatic heterocycles. The zero-order valence-electron chi connectivity index (χ0n) is 14.1. The Morgan fingerprint density at radius 3 is 2.60 bits per heavy atom. The predicted octanol–water partition coefficient (Wildman–Crippen LogP) is 2.80. The van der Waals surface area contributed by atoms with E-state index in [4.69, 9.17) is 0 Å². The van der Waals surface area contributed by atoms with Crippen molar-refractivity contribution in [3.8, 4) is 0 Å². The fourth-order valence-corrected chi connectivity index (χ4v) is 4.00. The molecule has 5 nitrogen and oxygen atoms in total. The summed E-state index contributed by atoms with van der Waals surface area (Å²) in [7, 11) is 0. The van der Waals surface area contributed by atoms with E-state index in [9.17, 15) is 9.18 Å². The normalized spacial score (nSPS) is 24.5. The number of hydrogen-bond acceptors (Lipinski definition) is 3. The molecular formula is C19H21FN4O. The third-order valence-electron chi connectivity index (χ3n) is 5.90. The lowest BCUT2D eigenvalue weighted by molar-refractivity contribution is -0.133. The number of halogens is 1. The summed E-state index contributed by atoms with van der Waals surface area (Å²) >= 11 is 0. The zero-order chi connectivity index (χ0) is 17.0. The summed E-state index contributed by atoms with van der Waals surface area (Å²) in [6, 6.07) is 6.63. The van der Waals surface area contributed by atoms with E-state index in [0.29, 0.717) is 12.5 Å². The Morgan fingerprint density at radius 1 is 1.16 bits per heavy atom. The molecule has 6 heteroatoms. The van der Waals surface area contributed by atoms with E-state index in [1.54, 1.807) is 12.1 Å². The number of hydrogen-bond donors (Lipinski definition) is 0. The van der Waals surface area contributed by atoms with Crippen molar-refractivity contribution in [2.45, 2.75) is 49.5 Å². The van der Waals surface area contributed by atoms with Crippen LogP contribution in [0, 0.1) is 5.82 Å². The minimum atomic E-state index is -0.426. The van der Waals surface area contributed by atoms with Crippen LogP contribution in [0.4, 0.5) is 4.39 Å². The largest absolute Gasteiger partial charge is 0.340 e. The first kappa shape index (κ1) is 15.0. The summed E-state index contributed by atoms with van der Waals surface area (Å²) in [5.74, 6) is 0.524. The highest BCUT2D eigenvalue weighted by Gasteiger charge is 2.53. The third kappa shape index (κ3) is 2.55. The summed E-state index contributed by atoms with van der Waals surface area (Å²) in [5.41, 5.74) is 1.61. The van der Waals surface area contributed by atoms with Crippen LogP contribution in [0.1, 0.15) is 55.3 Å². The molecule has 0 bridgehead atoms. The molecule has 1 aliphatic heterocycles. The molecule has 25 heavy (non-hydrogen) atoms. The minimum Gasteiger partial charge on any atom is -0.340 e. The third-order valence-corrected chi connectivity index (χ3v) is 5.90. The number of rotatable bonds is 4. The quantitative estimate of drug-likeness (QED) is 0.860. The molecule has 0 radical (unpaired) electrons. The Balaban J connectivity index is 1.30. The molecule has 0 spiro atoms. The van der Waals surface area contributed by atoms with Crippen LogP contribution >= 0.6 is 0 Å². The minimum absolute atomic E-state index is 0.184. The Hall–Kier alpha value is -2.24. The van der Waals surface area contributed by atoms with Crippen LogP contribution < -0.4 is 0 Å². The molecular weight excluding hydrogens is 319 g/mol. The van der Waals surface area contributed by atoms with Gasteiger partial charge >= 0.3 is 0 Å². The van der Waals surface area contributed by atoms with Crippen LogP contribution in [-0.2, 0) is 10.2 Å². The van der Waals surface area contributed by atoms with Gasteiger partial charge in [0.15, 0.2) is 0 Å². The van der Waals surface area contributed by atoms with Crippen LogP contribution in [0.5, 0.6) is 0 Å². The summed E-state index contributed by atoms with van der Waals surface area (Å²) in [4.78, 5) is 15.1. The van der Waals surface area contributed by atoms with Gasteiger partial charge in [0.1, 0.15) is 5.82 Å². The first-order valence-corrected chi connectivity index (χ1v) is 9.13. The molecule has 0 unspecified atom stereocenters. The molecule has 130 valence electrons. The van der Waals surface area contributed by atoms with Crippen molar-refractivity contribution in [1.29, 1.82) is 0 Å². The first-order valence-electron chi connectivity index (χ1n) is 9.13. The van der Waals surface area contributed by atoms with E-state index in [-0.39, 0.29) is 17.8 Å². The van der Waals surface area contributed by atoms with Gasteiger partial charge in [0.25, 0.3) is 0 Å². The van der Waals surface area contributed by atoms with E-state index < -0.39 is 5.41 Å². The molecule has 2 saturated carbocycles. The molecule has 1 atom stereocenters. The number of carbonyl (C=O) groups excluding carboxylic acids is 1. The maximum absolute atomic E-state index is 13.2. The van der Waals surface area contributed by atoms with E-state index in [0.717, 1.165) is 37.1 Å². The number of carbonyl (C=O) groups is 1. The second kappa shape index (κ2) is 5.38. The van der Waals surface area contributed by atoms with E-state index in [1.807, 2.05) is 9.58 Å². The Morgan fingerprint density at radius 2 is 1.92 bits per heavy atom. The van der Waals surface area contributed by atoms with Crippen molar-refractivity contribution in [3.63, 3.8) is 0 Å².